The topological polar surface area (TPSA) is 66.8 Å². The van der Waals surface area contributed by atoms with E-state index in [-0.39, 0.29) is 17.5 Å². The minimum atomic E-state index is -0.637. The normalized spacial score (nSPS) is 42.2. The van der Waals surface area contributed by atoms with E-state index in [0.717, 1.165) is 24.0 Å². The van der Waals surface area contributed by atoms with E-state index in [1.165, 1.54) is 31.3 Å². The lowest BCUT2D eigenvalue weighted by atomic mass is 9.60. The Labute approximate surface area is 186 Å². The van der Waals surface area contributed by atoms with Crippen LogP contribution >= 0.6 is 0 Å². The van der Waals surface area contributed by atoms with Gasteiger partial charge in [0.1, 0.15) is 6.10 Å². The molecule has 4 nitrogen and oxygen atoms in total. The van der Waals surface area contributed by atoms with E-state index in [4.69, 9.17) is 4.74 Å². The van der Waals surface area contributed by atoms with Gasteiger partial charge >= 0.3 is 5.97 Å². The van der Waals surface area contributed by atoms with Crippen LogP contribution in [0.2, 0.25) is 0 Å². The molecule has 4 fully saturated rings. The Morgan fingerprint density at radius 2 is 2.00 bits per heavy atom. The van der Waals surface area contributed by atoms with Crippen molar-refractivity contribution in [1.82, 2.24) is 0 Å². The van der Waals surface area contributed by atoms with Gasteiger partial charge in [-0.15, -0.1) is 0 Å². The Balaban J connectivity index is 1.48. The summed E-state index contributed by atoms with van der Waals surface area (Å²) in [4.78, 5) is 11.7. The molecular formula is C27H38O4. The van der Waals surface area contributed by atoms with E-state index in [9.17, 15) is 15.0 Å². The second kappa shape index (κ2) is 8.71. The van der Waals surface area contributed by atoms with Gasteiger partial charge in [-0.3, -0.25) is 0 Å². The van der Waals surface area contributed by atoms with Crippen molar-refractivity contribution in [3.05, 3.63) is 47.6 Å². The third-order valence-electron chi connectivity index (χ3n) is 8.66. The molecule has 4 rings (SSSR count). The van der Waals surface area contributed by atoms with Crippen LogP contribution in [0.15, 0.2) is 47.6 Å². The first-order valence-corrected chi connectivity index (χ1v) is 12.0. The Hall–Kier alpha value is -1.65. The number of hydrogen-bond donors (Lipinski definition) is 2. The number of allylic oxidation sites excluding steroid dienone is 3. The molecule has 1 saturated heterocycles. The molecule has 1 aliphatic heterocycles. The zero-order valence-corrected chi connectivity index (χ0v) is 19.1. The summed E-state index contributed by atoms with van der Waals surface area (Å²) in [5, 5.41) is 20.2. The maximum absolute atomic E-state index is 11.7. The van der Waals surface area contributed by atoms with Crippen molar-refractivity contribution in [2.45, 2.75) is 89.9 Å². The fraction of sp³-hybridized carbons (Fsp3) is 0.667. The highest BCUT2D eigenvalue weighted by atomic mass is 16.5. The number of ether oxygens (including phenoxy) is 1. The largest absolute Gasteiger partial charge is 0.459 e. The number of hydrogen-bond acceptors (Lipinski definition) is 4. The molecule has 1 heterocycles. The Morgan fingerprint density at radius 3 is 2.71 bits per heavy atom. The Morgan fingerprint density at radius 1 is 1.23 bits per heavy atom. The van der Waals surface area contributed by atoms with Gasteiger partial charge in [-0.05, 0) is 79.3 Å². The maximum Gasteiger partial charge on any atom is 0.333 e. The van der Waals surface area contributed by atoms with Crippen LogP contribution in [0, 0.1) is 23.2 Å². The highest BCUT2D eigenvalue weighted by Crippen LogP contribution is 2.60. The molecule has 0 radical (unpaired) electrons. The quantitative estimate of drug-likeness (QED) is 0.489. The van der Waals surface area contributed by atoms with Crippen LogP contribution in [0.5, 0.6) is 0 Å². The van der Waals surface area contributed by atoms with Crippen LogP contribution in [0.1, 0.15) is 71.6 Å². The Kier molecular flexibility index (Phi) is 6.33. The van der Waals surface area contributed by atoms with Gasteiger partial charge in [0.05, 0.1) is 12.2 Å². The number of esters is 1. The molecule has 31 heavy (non-hydrogen) atoms. The fourth-order valence-electron chi connectivity index (χ4n) is 7.02. The summed E-state index contributed by atoms with van der Waals surface area (Å²) >= 11 is 0. The second-order valence-electron chi connectivity index (χ2n) is 10.7. The van der Waals surface area contributed by atoms with E-state index < -0.39 is 12.2 Å². The molecule has 7 atom stereocenters. The lowest BCUT2D eigenvalue weighted by Crippen LogP contribution is -2.36. The third-order valence-corrected chi connectivity index (χ3v) is 8.66. The number of aliphatic hydroxyl groups is 2. The highest BCUT2D eigenvalue weighted by molar-refractivity contribution is 5.89. The summed E-state index contributed by atoms with van der Waals surface area (Å²) in [6.07, 6.45) is 11.8. The van der Waals surface area contributed by atoms with Crippen LogP contribution in [0.25, 0.3) is 0 Å². The van der Waals surface area contributed by atoms with Gasteiger partial charge < -0.3 is 14.9 Å². The average Bonchev–Trinajstić information content (AvgIpc) is 3.22. The molecular weight excluding hydrogens is 388 g/mol. The lowest BCUT2D eigenvalue weighted by Gasteiger charge is -2.44. The van der Waals surface area contributed by atoms with Gasteiger partial charge in [-0.25, -0.2) is 4.79 Å². The van der Waals surface area contributed by atoms with E-state index in [1.807, 2.05) is 0 Å². The first-order valence-electron chi connectivity index (χ1n) is 12.0. The molecule has 3 aliphatic carbocycles. The molecule has 2 unspecified atom stereocenters. The van der Waals surface area contributed by atoms with Crippen LogP contribution in [0.3, 0.4) is 0 Å². The van der Waals surface area contributed by atoms with Gasteiger partial charge in [0.2, 0.25) is 0 Å². The summed E-state index contributed by atoms with van der Waals surface area (Å²) in [5.41, 5.74) is 4.15. The molecule has 0 aromatic carbocycles. The highest BCUT2D eigenvalue weighted by Gasteiger charge is 2.51. The average molecular weight is 427 g/mol. The van der Waals surface area contributed by atoms with Gasteiger partial charge in [0.25, 0.3) is 0 Å². The molecule has 0 amide bonds. The molecule has 0 aromatic heterocycles. The second-order valence-corrected chi connectivity index (χ2v) is 10.7. The minimum Gasteiger partial charge on any atom is -0.459 e. The van der Waals surface area contributed by atoms with E-state index in [0.29, 0.717) is 42.6 Å². The first kappa shape index (κ1) is 22.5. The van der Waals surface area contributed by atoms with Crippen molar-refractivity contribution in [1.29, 1.82) is 0 Å². The summed E-state index contributed by atoms with van der Waals surface area (Å²) < 4.78 is 5.52. The predicted molar refractivity (Wildman–Crippen MR) is 122 cm³/mol. The minimum absolute atomic E-state index is 0.00356. The summed E-state index contributed by atoms with van der Waals surface area (Å²) in [5.74, 6) is 1.51. The summed E-state index contributed by atoms with van der Waals surface area (Å²) in [7, 11) is 0. The molecule has 3 saturated carbocycles. The van der Waals surface area contributed by atoms with Crippen molar-refractivity contribution in [3.63, 3.8) is 0 Å². The van der Waals surface area contributed by atoms with Crippen molar-refractivity contribution in [2.75, 3.05) is 0 Å². The Bertz CT molecular complexity index is 805. The van der Waals surface area contributed by atoms with Crippen LogP contribution < -0.4 is 0 Å². The standard InChI is InChI=1S/C27H38O4/c1-16(12-22-13-17(2)26(30)31-22)23-9-10-24-19(6-5-11-27(23,24)4)7-8-20-14-21(28)15-25(29)18(20)3/h7-8,16,21-25,28-29H,2-3,5-6,9-15H2,1,4H3/b19-7+,20-8-/t16-,21-,22?,23-,24?,25+,27-/m1/s1. The van der Waals surface area contributed by atoms with Crippen LogP contribution in [0.4, 0.5) is 0 Å². The maximum atomic E-state index is 11.7. The summed E-state index contributed by atoms with van der Waals surface area (Å²) in [6.45, 7) is 12.7. The molecule has 0 bridgehead atoms. The summed E-state index contributed by atoms with van der Waals surface area (Å²) in [6, 6.07) is 0. The molecule has 170 valence electrons. The lowest BCUT2D eigenvalue weighted by molar-refractivity contribution is -0.139. The fourth-order valence-corrected chi connectivity index (χ4v) is 7.02. The van der Waals surface area contributed by atoms with Crippen molar-refractivity contribution in [3.8, 4) is 0 Å². The van der Waals surface area contributed by atoms with Gasteiger partial charge in [-0.1, -0.05) is 44.7 Å². The molecule has 4 aliphatic rings. The first-order chi connectivity index (χ1) is 14.7. The molecule has 2 N–H and O–H groups in total. The number of rotatable bonds is 4. The number of aliphatic hydroxyl groups excluding tert-OH is 2. The van der Waals surface area contributed by atoms with E-state index in [2.05, 4.69) is 39.2 Å². The molecule has 0 aromatic rings. The van der Waals surface area contributed by atoms with Crippen LogP contribution in [-0.4, -0.2) is 34.5 Å². The van der Waals surface area contributed by atoms with Crippen molar-refractivity contribution < 1.29 is 19.7 Å². The zero-order chi connectivity index (χ0) is 22.3. The SMILES string of the molecule is C=C1CC(C[C@@H](C)[C@H]2CCC3/C(=C/C=C4/C[C@@H](O)C[C@H](O)C4=C)CCC[C@@]32C)OC1=O. The molecule has 0 spiro atoms. The van der Waals surface area contributed by atoms with Gasteiger partial charge in [0.15, 0.2) is 0 Å². The smallest absolute Gasteiger partial charge is 0.333 e. The zero-order valence-electron chi connectivity index (χ0n) is 19.1. The number of cyclic esters (lactones) is 1. The number of carbonyl (C=O) groups excluding carboxylic acids is 1. The number of fused-ring (bicyclic) bond motifs is 1. The van der Waals surface area contributed by atoms with E-state index >= 15 is 0 Å². The monoisotopic (exact) mass is 426 g/mol. The van der Waals surface area contributed by atoms with Gasteiger partial charge in [0, 0.05) is 18.4 Å². The van der Waals surface area contributed by atoms with E-state index in [1.54, 1.807) is 0 Å². The molecule has 4 heteroatoms. The van der Waals surface area contributed by atoms with Crippen LogP contribution in [-0.2, 0) is 9.53 Å². The third kappa shape index (κ3) is 4.34. The number of carbonyl (C=O) groups is 1. The van der Waals surface area contributed by atoms with Crippen molar-refractivity contribution in [2.24, 2.45) is 23.2 Å². The predicted octanol–water partition coefficient (Wildman–Crippen LogP) is 5.03. The van der Waals surface area contributed by atoms with Gasteiger partial charge in [-0.2, -0.15) is 0 Å². The van der Waals surface area contributed by atoms with Crippen molar-refractivity contribution >= 4 is 5.97 Å².